The highest BCUT2D eigenvalue weighted by Crippen LogP contribution is 2.41. The van der Waals surface area contributed by atoms with E-state index >= 15 is 0 Å². The molecule has 1 N–H and O–H groups in total. The van der Waals surface area contributed by atoms with E-state index in [9.17, 15) is 4.79 Å². The molecular formula is C23H22N4O2S. The average Bonchev–Trinajstić information content (AvgIpc) is 3.29. The molecule has 1 amide bonds. The molecule has 5 rings (SSSR count). The van der Waals surface area contributed by atoms with Crippen LogP contribution in [-0.2, 0) is 4.79 Å². The van der Waals surface area contributed by atoms with E-state index in [2.05, 4.69) is 37.4 Å². The summed E-state index contributed by atoms with van der Waals surface area (Å²) in [5.74, 6) is 1.49. The van der Waals surface area contributed by atoms with Gasteiger partial charge >= 0.3 is 0 Å². The molecule has 0 spiro atoms. The van der Waals surface area contributed by atoms with Gasteiger partial charge in [-0.1, -0.05) is 29.5 Å². The molecule has 0 saturated heterocycles. The number of methoxy groups -OCH3 is 1. The maximum absolute atomic E-state index is 12.6. The molecule has 7 heteroatoms. The first-order valence-electron chi connectivity index (χ1n) is 9.86. The number of ether oxygens (including phenoxy) is 1. The normalized spacial score (nSPS) is 15.9. The lowest BCUT2D eigenvalue weighted by atomic mass is 9.84. The van der Waals surface area contributed by atoms with Crippen molar-refractivity contribution >= 4 is 33.3 Å². The zero-order valence-electron chi connectivity index (χ0n) is 17.3. The fourth-order valence-corrected chi connectivity index (χ4v) is 5.01. The summed E-state index contributed by atoms with van der Waals surface area (Å²) in [6.07, 6.45) is 0.416. The van der Waals surface area contributed by atoms with Gasteiger partial charge in [-0.3, -0.25) is 4.79 Å². The molecule has 6 nitrogen and oxygen atoms in total. The number of aromatic nitrogens is 3. The first-order chi connectivity index (χ1) is 14.4. The third-order valence-corrected chi connectivity index (χ3v) is 6.80. The van der Waals surface area contributed by atoms with Crippen molar-refractivity contribution < 1.29 is 9.53 Å². The SMILES string of the molecule is COc1ccc2nc(-n3nc(C)c4c3NC(=O)C[C@@H]4c3ccc(C)c(C)c3)sc2c1. The van der Waals surface area contributed by atoms with Crippen LogP contribution in [0.3, 0.4) is 0 Å². The topological polar surface area (TPSA) is 69.0 Å². The highest BCUT2D eigenvalue weighted by Gasteiger charge is 2.33. The molecule has 3 heterocycles. The highest BCUT2D eigenvalue weighted by atomic mass is 32.1. The molecule has 1 atom stereocenters. The van der Waals surface area contributed by atoms with E-state index in [1.165, 1.54) is 22.5 Å². The van der Waals surface area contributed by atoms with Crippen molar-refractivity contribution in [1.82, 2.24) is 14.8 Å². The van der Waals surface area contributed by atoms with Crippen LogP contribution in [-0.4, -0.2) is 27.8 Å². The quantitative estimate of drug-likeness (QED) is 0.514. The molecular weight excluding hydrogens is 396 g/mol. The molecule has 2 aromatic carbocycles. The van der Waals surface area contributed by atoms with Gasteiger partial charge in [-0.2, -0.15) is 9.78 Å². The van der Waals surface area contributed by atoms with Crippen LogP contribution in [0.25, 0.3) is 15.3 Å². The van der Waals surface area contributed by atoms with Crippen LogP contribution < -0.4 is 10.1 Å². The highest BCUT2D eigenvalue weighted by molar-refractivity contribution is 7.20. The van der Waals surface area contributed by atoms with Gasteiger partial charge in [0, 0.05) is 17.9 Å². The molecule has 0 bridgehead atoms. The van der Waals surface area contributed by atoms with Crippen molar-refractivity contribution in [3.63, 3.8) is 0 Å². The number of fused-ring (bicyclic) bond motifs is 2. The monoisotopic (exact) mass is 418 g/mol. The Kier molecular flexibility index (Phi) is 4.36. The molecule has 0 radical (unpaired) electrons. The number of anilines is 1. The predicted octanol–water partition coefficient (Wildman–Crippen LogP) is 4.89. The van der Waals surface area contributed by atoms with Gasteiger partial charge in [0.15, 0.2) is 0 Å². The van der Waals surface area contributed by atoms with Crippen LogP contribution in [0.5, 0.6) is 5.75 Å². The van der Waals surface area contributed by atoms with E-state index in [-0.39, 0.29) is 11.8 Å². The molecule has 1 aliphatic heterocycles. The zero-order chi connectivity index (χ0) is 21.0. The van der Waals surface area contributed by atoms with Gasteiger partial charge < -0.3 is 10.1 Å². The maximum atomic E-state index is 12.6. The fourth-order valence-electron chi connectivity index (χ4n) is 4.06. The lowest BCUT2D eigenvalue weighted by Crippen LogP contribution is -2.25. The standard InChI is InChI=1S/C23H22N4O2S/c1-12-5-6-15(9-13(12)2)17-11-20(28)25-22-21(17)14(3)26-27(22)23-24-18-8-7-16(29-4)10-19(18)30-23/h5-10,17H,11H2,1-4H3,(H,25,28)/t17-/m1/s1. The lowest BCUT2D eigenvalue weighted by molar-refractivity contribution is -0.116. The van der Waals surface area contributed by atoms with Gasteiger partial charge in [-0.05, 0) is 55.7 Å². The van der Waals surface area contributed by atoms with E-state index < -0.39 is 0 Å². The van der Waals surface area contributed by atoms with Gasteiger partial charge in [-0.25, -0.2) is 4.98 Å². The van der Waals surface area contributed by atoms with Crippen LogP contribution in [0, 0.1) is 20.8 Å². The van der Waals surface area contributed by atoms with E-state index in [0.29, 0.717) is 6.42 Å². The Morgan fingerprint density at radius 3 is 2.73 bits per heavy atom. The molecule has 2 aromatic heterocycles. The van der Waals surface area contributed by atoms with Crippen LogP contribution in [0.1, 0.15) is 40.3 Å². The van der Waals surface area contributed by atoms with E-state index in [0.717, 1.165) is 43.7 Å². The number of thiazole rings is 1. The molecule has 0 saturated carbocycles. The average molecular weight is 419 g/mol. The summed E-state index contributed by atoms with van der Waals surface area (Å²) in [6, 6.07) is 12.2. The van der Waals surface area contributed by atoms with Crippen LogP contribution >= 0.6 is 11.3 Å². The van der Waals surface area contributed by atoms with Gasteiger partial charge in [0.05, 0.1) is 23.0 Å². The number of amides is 1. The number of aryl methyl sites for hydroxylation is 3. The van der Waals surface area contributed by atoms with Crippen molar-refractivity contribution in [3.05, 3.63) is 64.3 Å². The van der Waals surface area contributed by atoms with Gasteiger partial charge in [0.2, 0.25) is 11.0 Å². The second-order valence-electron chi connectivity index (χ2n) is 7.74. The molecule has 1 aliphatic rings. The predicted molar refractivity (Wildman–Crippen MR) is 119 cm³/mol. The molecule has 30 heavy (non-hydrogen) atoms. The Hall–Kier alpha value is -3.19. The molecule has 0 unspecified atom stereocenters. The Bertz CT molecular complexity index is 1300. The number of benzene rings is 2. The summed E-state index contributed by atoms with van der Waals surface area (Å²) in [5.41, 5.74) is 6.47. The molecule has 4 aromatic rings. The van der Waals surface area contributed by atoms with Crippen LogP contribution in [0.2, 0.25) is 0 Å². The summed E-state index contributed by atoms with van der Waals surface area (Å²) in [4.78, 5) is 17.4. The van der Waals surface area contributed by atoms with Gasteiger partial charge in [0.25, 0.3) is 0 Å². The minimum Gasteiger partial charge on any atom is -0.497 e. The Balaban J connectivity index is 1.65. The number of carbonyl (C=O) groups excluding carboxylic acids is 1. The molecule has 152 valence electrons. The summed E-state index contributed by atoms with van der Waals surface area (Å²) >= 11 is 1.53. The smallest absolute Gasteiger partial charge is 0.226 e. The third-order valence-electron chi connectivity index (χ3n) is 5.80. The number of carbonyl (C=O) groups is 1. The largest absolute Gasteiger partial charge is 0.497 e. The lowest BCUT2D eigenvalue weighted by Gasteiger charge is -2.24. The van der Waals surface area contributed by atoms with Crippen molar-refractivity contribution in [3.8, 4) is 10.9 Å². The number of rotatable bonds is 3. The second kappa shape index (κ2) is 6.95. The van der Waals surface area contributed by atoms with E-state index in [1.54, 1.807) is 11.8 Å². The Morgan fingerprint density at radius 1 is 1.13 bits per heavy atom. The van der Waals surface area contributed by atoms with Gasteiger partial charge in [0.1, 0.15) is 11.6 Å². The second-order valence-corrected chi connectivity index (χ2v) is 8.75. The maximum Gasteiger partial charge on any atom is 0.226 e. The van der Waals surface area contributed by atoms with Crippen LogP contribution in [0.4, 0.5) is 5.82 Å². The van der Waals surface area contributed by atoms with Crippen molar-refractivity contribution in [2.45, 2.75) is 33.1 Å². The number of nitrogens with one attached hydrogen (secondary N) is 1. The minimum atomic E-state index is -0.0173. The summed E-state index contributed by atoms with van der Waals surface area (Å²) in [6.45, 7) is 6.20. The van der Waals surface area contributed by atoms with Crippen molar-refractivity contribution in [1.29, 1.82) is 0 Å². The Morgan fingerprint density at radius 2 is 1.97 bits per heavy atom. The number of hydrogen-bond donors (Lipinski definition) is 1. The summed E-state index contributed by atoms with van der Waals surface area (Å²) < 4.78 is 8.11. The van der Waals surface area contributed by atoms with E-state index in [1.807, 2.05) is 25.1 Å². The molecule has 0 fully saturated rings. The third kappa shape index (κ3) is 2.97. The van der Waals surface area contributed by atoms with Gasteiger partial charge in [-0.15, -0.1) is 0 Å². The molecule has 0 aliphatic carbocycles. The minimum absolute atomic E-state index is 0.00495. The summed E-state index contributed by atoms with van der Waals surface area (Å²) in [7, 11) is 1.65. The Labute approximate surface area is 178 Å². The van der Waals surface area contributed by atoms with Crippen molar-refractivity contribution in [2.75, 3.05) is 12.4 Å². The summed E-state index contributed by atoms with van der Waals surface area (Å²) in [5, 5.41) is 8.54. The van der Waals surface area contributed by atoms with Crippen LogP contribution in [0.15, 0.2) is 36.4 Å². The number of hydrogen-bond acceptors (Lipinski definition) is 5. The van der Waals surface area contributed by atoms with Crippen molar-refractivity contribution in [2.24, 2.45) is 0 Å². The first-order valence-corrected chi connectivity index (χ1v) is 10.7. The zero-order valence-corrected chi connectivity index (χ0v) is 18.1. The fraction of sp³-hybridized carbons (Fsp3) is 0.261. The first kappa shape index (κ1) is 18.8. The van der Waals surface area contributed by atoms with E-state index in [4.69, 9.17) is 14.8 Å². The number of nitrogens with zero attached hydrogens (tertiary/aromatic N) is 3.